The molecule has 3 rings (SSSR count). The third-order valence-electron chi connectivity index (χ3n) is 3.68. The number of nitrogens with zero attached hydrogens (tertiary/aromatic N) is 1. The van der Waals surface area contributed by atoms with Gasteiger partial charge in [0.05, 0.1) is 26.2 Å². The van der Waals surface area contributed by atoms with Crippen molar-refractivity contribution in [2.45, 2.75) is 19.6 Å². The molecule has 5 heteroatoms. The molecule has 1 atom stereocenters. The van der Waals surface area contributed by atoms with Gasteiger partial charge >= 0.3 is 5.97 Å². The normalized spacial score (nSPS) is 21.6. The molecule has 1 saturated heterocycles. The highest BCUT2D eigenvalue weighted by Crippen LogP contribution is 2.30. The summed E-state index contributed by atoms with van der Waals surface area (Å²) in [6.07, 6.45) is 0.222. The molecule has 19 heavy (non-hydrogen) atoms. The van der Waals surface area contributed by atoms with Crippen molar-refractivity contribution >= 4 is 17.6 Å². The topological polar surface area (TPSA) is 55.8 Å². The van der Waals surface area contributed by atoms with Crippen LogP contribution >= 0.6 is 0 Å². The average Bonchev–Trinajstić information content (AvgIpc) is 3.03. The van der Waals surface area contributed by atoms with Crippen LogP contribution in [0.15, 0.2) is 18.2 Å². The summed E-state index contributed by atoms with van der Waals surface area (Å²) in [5, 5.41) is 0. The molecule has 0 aliphatic carbocycles. The number of amides is 1. The Kier molecular flexibility index (Phi) is 2.98. The van der Waals surface area contributed by atoms with E-state index in [0.717, 1.165) is 11.3 Å². The first-order chi connectivity index (χ1) is 9.19. The summed E-state index contributed by atoms with van der Waals surface area (Å²) in [7, 11) is 1.35. The molecule has 2 aliphatic rings. The van der Waals surface area contributed by atoms with Gasteiger partial charge in [0.15, 0.2) is 0 Å². The number of methoxy groups -OCH3 is 1. The molecule has 2 aliphatic heterocycles. The highest BCUT2D eigenvalue weighted by molar-refractivity contribution is 5.99. The smallest absolute Gasteiger partial charge is 0.311 e. The quantitative estimate of drug-likeness (QED) is 0.752. The van der Waals surface area contributed by atoms with Gasteiger partial charge in [0, 0.05) is 18.7 Å². The minimum Gasteiger partial charge on any atom is -0.469 e. The molecule has 1 fully saturated rings. The average molecular weight is 261 g/mol. The Balaban J connectivity index is 1.83. The van der Waals surface area contributed by atoms with Crippen molar-refractivity contribution in [3.05, 3.63) is 29.3 Å². The molecule has 0 saturated carbocycles. The molecule has 2 heterocycles. The van der Waals surface area contributed by atoms with Crippen molar-refractivity contribution in [2.75, 3.05) is 18.6 Å². The zero-order valence-electron chi connectivity index (χ0n) is 10.7. The van der Waals surface area contributed by atoms with Gasteiger partial charge < -0.3 is 14.4 Å². The lowest BCUT2D eigenvalue weighted by Gasteiger charge is -2.17. The Hall–Kier alpha value is -1.88. The first-order valence-corrected chi connectivity index (χ1v) is 6.27. The fraction of sp³-hybridized carbons (Fsp3) is 0.429. The summed E-state index contributed by atoms with van der Waals surface area (Å²) < 4.78 is 10.1. The number of anilines is 1. The van der Waals surface area contributed by atoms with Gasteiger partial charge in [-0.2, -0.15) is 0 Å². The first-order valence-electron chi connectivity index (χ1n) is 6.27. The lowest BCUT2D eigenvalue weighted by Crippen LogP contribution is -2.26. The van der Waals surface area contributed by atoms with E-state index in [1.165, 1.54) is 12.7 Å². The summed E-state index contributed by atoms with van der Waals surface area (Å²) >= 11 is 0. The number of fused-ring (bicyclic) bond motifs is 1. The van der Waals surface area contributed by atoms with E-state index in [2.05, 4.69) is 0 Å². The van der Waals surface area contributed by atoms with Crippen LogP contribution in [0.1, 0.15) is 17.5 Å². The maximum atomic E-state index is 12.0. The molecule has 1 unspecified atom stereocenters. The van der Waals surface area contributed by atoms with Gasteiger partial charge in [0.25, 0.3) is 0 Å². The molecular weight excluding hydrogens is 246 g/mol. The number of esters is 1. The molecule has 0 radical (unpaired) electrons. The zero-order valence-corrected chi connectivity index (χ0v) is 10.7. The van der Waals surface area contributed by atoms with Gasteiger partial charge in [-0.25, -0.2) is 0 Å². The summed E-state index contributed by atoms with van der Waals surface area (Å²) in [6, 6.07) is 5.86. The number of hydrogen-bond acceptors (Lipinski definition) is 4. The second kappa shape index (κ2) is 4.66. The standard InChI is InChI=1S/C14H15NO4/c1-18-14(17)10-5-13(16)15(6-10)12-3-2-9-7-19-8-11(9)4-12/h2-4,10H,5-8H2,1H3. The van der Waals surface area contributed by atoms with Crippen LogP contribution in [0.25, 0.3) is 0 Å². The second-order valence-electron chi connectivity index (χ2n) is 4.87. The van der Waals surface area contributed by atoms with Crippen LogP contribution in [-0.4, -0.2) is 25.5 Å². The minimum absolute atomic E-state index is 0.0331. The van der Waals surface area contributed by atoms with Crippen LogP contribution in [-0.2, 0) is 32.3 Å². The number of carbonyl (C=O) groups excluding carboxylic acids is 2. The van der Waals surface area contributed by atoms with Crippen LogP contribution in [0.4, 0.5) is 5.69 Å². The maximum absolute atomic E-state index is 12.0. The van der Waals surface area contributed by atoms with E-state index in [4.69, 9.17) is 9.47 Å². The summed E-state index contributed by atoms with van der Waals surface area (Å²) in [6.45, 7) is 1.62. The molecular formula is C14H15NO4. The predicted octanol–water partition coefficient (Wildman–Crippen LogP) is 1.24. The van der Waals surface area contributed by atoms with Crippen LogP contribution in [0.5, 0.6) is 0 Å². The van der Waals surface area contributed by atoms with Gasteiger partial charge in [-0.05, 0) is 23.3 Å². The third-order valence-corrected chi connectivity index (χ3v) is 3.68. The Morgan fingerprint density at radius 3 is 2.95 bits per heavy atom. The molecule has 0 N–H and O–H groups in total. The lowest BCUT2D eigenvalue weighted by atomic mass is 10.1. The van der Waals surface area contributed by atoms with Crippen LogP contribution in [0, 0.1) is 5.92 Å². The van der Waals surface area contributed by atoms with E-state index < -0.39 is 0 Å². The Labute approximate surface area is 111 Å². The largest absolute Gasteiger partial charge is 0.469 e. The third kappa shape index (κ3) is 2.10. The van der Waals surface area contributed by atoms with Gasteiger partial charge in [0.1, 0.15) is 0 Å². The fourth-order valence-electron chi connectivity index (χ4n) is 2.61. The van der Waals surface area contributed by atoms with Crippen molar-refractivity contribution in [2.24, 2.45) is 5.92 Å². The van der Waals surface area contributed by atoms with Gasteiger partial charge in [0.2, 0.25) is 5.91 Å². The van der Waals surface area contributed by atoms with Crippen LogP contribution in [0.2, 0.25) is 0 Å². The minimum atomic E-state index is -0.359. The van der Waals surface area contributed by atoms with Crippen LogP contribution < -0.4 is 4.90 Å². The predicted molar refractivity (Wildman–Crippen MR) is 67.4 cm³/mol. The molecule has 1 aromatic carbocycles. The van der Waals surface area contributed by atoms with Crippen molar-refractivity contribution < 1.29 is 19.1 Å². The summed E-state index contributed by atoms with van der Waals surface area (Å²) in [4.78, 5) is 25.1. The van der Waals surface area contributed by atoms with E-state index in [0.29, 0.717) is 19.8 Å². The highest BCUT2D eigenvalue weighted by Gasteiger charge is 2.36. The molecule has 0 spiro atoms. The molecule has 1 aromatic rings. The highest BCUT2D eigenvalue weighted by atomic mass is 16.5. The van der Waals surface area contributed by atoms with Crippen LogP contribution in [0.3, 0.4) is 0 Å². The molecule has 5 nitrogen and oxygen atoms in total. The van der Waals surface area contributed by atoms with Gasteiger partial charge in [-0.15, -0.1) is 0 Å². The van der Waals surface area contributed by atoms with Crippen molar-refractivity contribution in [1.29, 1.82) is 0 Å². The molecule has 1 amide bonds. The van der Waals surface area contributed by atoms with Gasteiger partial charge in [-0.1, -0.05) is 6.07 Å². The number of benzene rings is 1. The fourth-order valence-corrected chi connectivity index (χ4v) is 2.61. The van der Waals surface area contributed by atoms with E-state index in [9.17, 15) is 9.59 Å². The Morgan fingerprint density at radius 2 is 2.16 bits per heavy atom. The van der Waals surface area contributed by atoms with Crippen molar-refractivity contribution in [3.63, 3.8) is 0 Å². The maximum Gasteiger partial charge on any atom is 0.311 e. The first kappa shape index (κ1) is 12.2. The number of rotatable bonds is 2. The molecule has 0 bridgehead atoms. The van der Waals surface area contributed by atoms with E-state index in [-0.39, 0.29) is 24.2 Å². The zero-order chi connectivity index (χ0) is 13.4. The number of hydrogen-bond donors (Lipinski definition) is 0. The number of carbonyl (C=O) groups is 2. The van der Waals surface area contributed by atoms with Crippen molar-refractivity contribution in [1.82, 2.24) is 0 Å². The van der Waals surface area contributed by atoms with E-state index >= 15 is 0 Å². The second-order valence-corrected chi connectivity index (χ2v) is 4.87. The summed E-state index contributed by atoms with van der Waals surface area (Å²) in [5.74, 6) is -0.711. The van der Waals surface area contributed by atoms with E-state index in [1.54, 1.807) is 4.90 Å². The van der Waals surface area contributed by atoms with Gasteiger partial charge in [-0.3, -0.25) is 9.59 Å². The Bertz CT molecular complexity index is 540. The Morgan fingerprint density at radius 1 is 1.37 bits per heavy atom. The molecule has 0 aromatic heterocycles. The molecule has 100 valence electrons. The monoisotopic (exact) mass is 261 g/mol. The SMILES string of the molecule is COC(=O)C1CC(=O)N(c2ccc3c(c2)COC3)C1. The number of ether oxygens (including phenoxy) is 2. The lowest BCUT2D eigenvalue weighted by molar-refractivity contribution is -0.145. The summed E-state index contributed by atoms with van der Waals surface area (Å²) in [5.41, 5.74) is 3.12. The van der Waals surface area contributed by atoms with E-state index in [1.807, 2.05) is 18.2 Å². The van der Waals surface area contributed by atoms with Crippen molar-refractivity contribution in [3.8, 4) is 0 Å².